The Morgan fingerprint density at radius 2 is 2.12 bits per heavy atom. The van der Waals surface area contributed by atoms with Gasteiger partial charge in [-0.3, -0.25) is 0 Å². The van der Waals surface area contributed by atoms with Gasteiger partial charge < -0.3 is 9.15 Å². The molecule has 0 aliphatic rings. The van der Waals surface area contributed by atoms with Crippen molar-refractivity contribution in [3.63, 3.8) is 0 Å². The summed E-state index contributed by atoms with van der Waals surface area (Å²) in [6, 6.07) is 13.5. The second-order valence-corrected chi connectivity index (χ2v) is 6.40. The lowest BCUT2D eigenvalue weighted by Gasteiger charge is -2.02. The molecule has 0 fully saturated rings. The van der Waals surface area contributed by atoms with Gasteiger partial charge in [0.25, 0.3) is 0 Å². The fourth-order valence-electron chi connectivity index (χ4n) is 2.49. The molecule has 120 valence electrons. The highest BCUT2D eigenvalue weighted by Crippen LogP contribution is 2.30. The number of esters is 1. The summed E-state index contributed by atoms with van der Waals surface area (Å²) in [7, 11) is 0. The molecule has 5 nitrogen and oxygen atoms in total. The molecule has 0 aliphatic carbocycles. The Kier molecular flexibility index (Phi) is 3.66. The van der Waals surface area contributed by atoms with Crippen LogP contribution in [-0.4, -0.2) is 15.7 Å². The van der Waals surface area contributed by atoms with Crippen molar-refractivity contribution in [2.75, 3.05) is 0 Å². The van der Waals surface area contributed by atoms with E-state index in [1.165, 1.54) is 11.3 Å². The van der Waals surface area contributed by atoms with Gasteiger partial charge in [0.2, 0.25) is 0 Å². The van der Waals surface area contributed by atoms with Crippen molar-refractivity contribution in [2.45, 2.75) is 13.5 Å². The van der Waals surface area contributed by atoms with E-state index in [0.29, 0.717) is 4.88 Å². The number of benzene rings is 1. The second-order valence-electron chi connectivity index (χ2n) is 5.37. The Morgan fingerprint density at radius 1 is 1.29 bits per heavy atom. The van der Waals surface area contributed by atoms with Gasteiger partial charge in [-0.2, -0.15) is 5.10 Å². The maximum Gasteiger partial charge on any atom is 0.348 e. The van der Waals surface area contributed by atoms with E-state index in [0.717, 1.165) is 27.2 Å². The van der Waals surface area contributed by atoms with Crippen molar-refractivity contribution in [3.8, 4) is 5.69 Å². The number of rotatable bonds is 4. The molecule has 0 saturated heterocycles. The molecule has 0 atom stereocenters. The Balaban J connectivity index is 1.64. The second kappa shape index (κ2) is 5.98. The van der Waals surface area contributed by atoms with Crippen molar-refractivity contribution in [1.29, 1.82) is 0 Å². The number of ether oxygens (including phenoxy) is 1. The molecule has 3 heterocycles. The SMILES string of the molecule is Cc1nn(-c2ccccc2)c2sc(C(=O)OCc3ccoc3)cc12. The zero-order valence-electron chi connectivity index (χ0n) is 12.9. The average molecular weight is 338 g/mol. The molecule has 24 heavy (non-hydrogen) atoms. The summed E-state index contributed by atoms with van der Waals surface area (Å²) in [5.41, 5.74) is 2.69. The number of hydrogen-bond acceptors (Lipinski definition) is 5. The molecule has 0 unspecified atom stereocenters. The number of fused-ring (bicyclic) bond motifs is 1. The van der Waals surface area contributed by atoms with Crippen LogP contribution in [0.3, 0.4) is 0 Å². The molecule has 0 radical (unpaired) electrons. The van der Waals surface area contributed by atoms with Crippen molar-refractivity contribution in [2.24, 2.45) is 0 Å². The van der Waals surface area contributed by atoms with Crippen LogP contribution in [0.2, 0.25) is 0 Å². The minimum absolute atomic E-state index is 0.202. The van der Waals surface area contributed by atoms with Gasteiger partial charge in [0.15, 0.2) is 0 Å². The lowest BCUT2D eigenvalue weighted by molar-refractivity contribution is 0.0478. The lowest BCUT2D eigenvalue weighted by atomic mass is 10.3. The number of hydrogen-bond donors (Lipinski definition) is 0. The van der Waals surface area contributed by atoms with Crippen LogP contribution < -0.4 is 0 Å². The first-order valence-electron chi connectivity index (χ1n) is 7.45. The van der Waals surface area contributed by atoms with Crippen molar-refractivity contribution >= 4 is 27.5 Å². The topological polar surface area (TPSA) is 57.3 Å². The van der Waals surface area contributed by atoms with E-state index in [2.05, 4.69) is 5.10 Å². The van der Waals surface area contributed by atoms with Gasteiger partial charge in [-0.15, -0.1) is 11.3 Å². The third-order valence-electron chi connectivity index (χ3n) is 3.70. The number of carbonyl (C=O) groups is 1. The van der Waals surface area contributed by atoms with Gasteiger partial charge in [-0.25, -0.2) is 9.48 Å². The van der Waals surface area contributed by atoms with Crippen molar-refractivity contribution in [1.82, 2.24) is 9.78 Å². The van der Waals surface area contributed by atoms with Gasteiger partial charge in [-0.05, 0) is 31.2 Å². The lowest BCUT2D eigenvalue weighted by Crippen LogP contribution is -2.02. The van der Waals surface area contributed by atoms with Crippen LogP contribution in [0.25, 0.3) is 15.9 Å². The average Bonchev–Trinajstić information content (AvgIpc) is 3.32. The molecule has 4 aromatic rings. The molecule has 0 aliphatic heterocycles. The molecule has 4 rings (SSSR count). The molecule has 1 aromatic carbocycles. The normalized spacial score (nSPS) is 11.0. The summed E-state index contributed by atoms with van der Waals surface area (Å²) in [6.45, 7) is 2.14. The summed E-state index contributed by atoms with van der Waals surface area (Å²) >= 11 is 1.39. The fourth-order valence-corrected chi connectivity index (χ4v) is 3.56. The molecule has 0 bridgehead atoms. The standard InChI is InChI=1S/C18H14N2O3S/c1-12-15-9-16(18(21)23-11-13-7-8-22-10-13)24-17(15)20(19-12)14-5-3-2-4-6-14/h2-10H,11H2,1H3. The molecule has 3 aromatic heterocycles. The predicted octanol–water partition coefficient (Wildman–Crippen LogP) is 4.35. The number of furan rings is 1. The molecule has 6 heteroatoms. The van der Waals surface area contributed by atoms with Crippen LogP contribution in [0.1, 0.15) is 20.9 Å². The van der Waals surface area contributed by atoms with Gasteiger partial charge in [0.05, 0.1) is 23.9 Å². The number of aromatic nitrogens is 2. The number of carbonyl (C=O) groups excluding carboxylic acids is 1. The quantitative estimate of drug-likeness (QED) is 0.519. The maximum atomic E-state index is 12.3. The molecule has 0 amide bonds. The van der Waals surface area contributed by atoms with Crippen LogP contribution in [0, 0.1) is 6.92 Å². The summed E-state index contributed by atoms with van der Waals surface area (Å²) in [6.07, 6.45) is 3.12. The van der Waals surface area contributed by atoms with Crippen LogP contribution >= 0.6 is 11.3 Å². The zero-order chi connectivity index (χ0) is 16.5. The van der Waals surface area contributed by atoms with Crippen LogP contribution in [0.5, 0.6) is 0 Å². The maximum absolute atomic E-state index is 12.3. The zero-order valence-corrected chi connectivity index (χ0v) is 13.7. The smallest absolute Gasteiger partial charge is 0.348 e. The highest BCUT2D eigenvalue weighted by Gasteiger charge is 2.18. The Labute approximate surface area is 142 Å². The highest BCUT2D eigenvalue weighted by atomic mass is 32.1. The van der Waals surface area contributed by atoms with Crippen LogP contribution in [0.4, 0.5) is 0 Å². The van der Waals surface area contributed by atoms with Crippen molar-refractivity contribution < 1.29 is 13.9 Å². The van der Waals surface area contributed by atoms with E-state index in [1.807, 2.05) is 48.0 Å². The molecule has 0 N–H and O–H groups in total. The minimum atomic E-state index is -0.337. The summed E-state index contributed by atoms with van der Waals surface area (Å²) in [4.78, 5) is 13.8. The third-order valence-corrected chi connectivity index (χ3v) is 4.79. The van der Waals surface area contributed by atoms with Crippen LogP contribution in [-0.2, 0) is 11.3 Å². The van der Waals surface area contributed by atoms with Crippen LogP contribution in [0.15, 0.2) is 59.4 Å². The number of thiophene rings is 1. The summed E-state index contributed by atoms with van der Waals surface area (Å²) in [5, 5.41) is 5.54. The molecule has 0 spiro atoms. The third kappa shape index (κ3) is 2.61. The molecule has 0 saturated carbocycles. The monoisotopic (exact) mass is 338 g/mol. The number of para-hydroxylation sites is 1. The predicted molar refractivity (Wildman–Crippen MR) is 91.5 cm³/mol. The molecular weight excluding hydrogens is 324 g/mol. The number of nitrogens with zero attached hydrogens (tertiary/aromatic N) is 2. The Morgan fingerprint density at radius 3 is 2.88 bits per heavy atom. The summed E-state index contributed by atoms with van der Waals surface area (Å²) in [5.74, 6) is -0.337. The van der Waals surface area contributed by atoms with Gasteiger partial charge in [0.1, 0.15) is 16.3 Å². The van der Waals surface area contributed by atoms with E-state index in [1.54, 1.807) is 18.6 Å². The van der Waals surface area contributed by atoms with E-state index < -0.39 is 0 Å². The largest absolute Gasteiger partial charge is 0.472 e. The van der Waals surface area contributed by atoms with Crippen molar-refractivity contribution in [3.05, 3.63) is 71.1 Å². The Hall–Kier alpha value is -2.86. The number of aryl methyl sites for hydroxylation is 1. The first kappa shape index (κ1) is 14.7. The first-order chi connectivity index (χ1) is 11.7. The summed E-state index contributed by atoms with van der Waals surface area (Å²) < 4.78 is 12.2. The van der Waals surface area contributed by atoms with E-state index in [9.17, 15) is 4.79 Å². The van der Waals surface area contributed by atoms with Gasteiger partial charge in [-0.1, -0.05) is 18.2 Å². The van der Waals surface area contributed by atoms with Gasteiger partial charge in [0, 0.05) is 10.9 Å². The van der Waals surface area contributed by atoms with E-state index >= 15 is 0 Å². The highest BCUT2D eigenvalue weighted by molar-refractivity contribution is 7.20. The van der Waals surface area contributed by atoms with E-state index in [4.69, 9.17) is 9.15 Å². The first-order valence-corrected chi connectivity index (χ1v) is 8.27. The Bertz CT molecular complexity index is 984. The van der Waals surface area contributed by atoms with E-state index in [-0.39, 0.29) is 12.6 Å². The van der Waals surface area contributed by atoms with Gasteiger partial charge >= 0.3 is 5.97 Å². The fraction of sp³-hybridized carbons (Fsp3) is 0.111. The molecular formula is C18H14N2O3S. The minimum Gasteiger partial charge on any atom is -0.472 e.